The second kappa shape index (κ2) is 11.5. The van der Waals surface area contributed by atoms with Gasteiger partial charge in [-0.15, -0.1) is 10.2 Å². The number of nitrogens with one attached hydrogen (secondary N) is 1. The molecule has 3 aliphatic heterocycles. The average molecular weight is 620 g/mol. The third-order valence-electron chi connectivity index (χ3n) is 7.86. The molecule has 1 atom stereocenters. The summed E-state index contributed by atoms with van der Waals surface area (Å²) in [5.74, 6) is -0.211. The number of amides is 1. The van der Waals surface area contributed by atoms with Gasteiger partial charge < -0.3 is 31.9 Å². The smallest absolute Gasteiger partial charge is 0.261 e. The standard InChI is InChI=1S/C29H30ClN9O3S/c1-29(15-31)11-13-38(14-12-29)28-35-23(32)26(36-37-28)43-19-8-4-6-17(22(19)30)33-24(40)21-25(41)34-20-10-9-16-5-2-3-7-18(16)39(20)27(21)42/h2-10,25,41-42H,11-15,31H2,1H3,(H,33,40)(H2,32,35,37). The highest BCUT2D eigenvalue weighted by molar-refractivity contribution is 7.99. The van der Waals surface area contributed by atoms with Crippen molar-refractivity contribution in [3.05, 3.63) is 70.6 Å². The van der Waals surface area contributed by atoms with E-state index in [0.717, 1.165) is 43.3 Å². The van der Waals surface area contributed by atoms with Gasteiger partial charge in [0, 0.05) is 18.0 Å². The van der Waals surface area contributed by atoms with E-state index in [9.17, 15) is 15.0 Å². The monoisotopic (exact) mass is 619 g/mol. The molecule has 2 aromatic carbocycles. The Kier molecular flexibility index (Phi) is 7.73. The van der Waals surface area contributed by atoms with Crippen molar-refractivity contribution in [1.82, 2.24) is 15.2 Å². The first-order valence-electron chi connectivity index (χ1n) is 13.7. The van der Waals surface area contributed by atoms with Gasteiger partial charge in [0.05, 0.1) is 16.4 Å². The fourth-order valence-electron chi connectivity index (χ4n) is 5.12. The number of carbonyl (C=O) groups excluding carboxylic acids is 1. The van der Waals surface area contributed by atoms with Crippen molar-refractivity contribution in [3.8, 4) is 0 Å². The number of hydrogen-bond acceptors (Lipinski definition) is 12. The topological polar surface area (TPSA) is 179 Å². The summed E-state index contributed by atoms with van der Waals surface area (Å²) in [6, 6.07) is 12.4. The van der Waals surface area contributed by atoms with Crippen LogP contribution in [0.4, 0.5) is 23.1 Å². The van der Waals surface area contributed by atoms with Crippen molar-refractivity contribution in [2.75, 3.05) is 40.5 Å². The largest absolute Gasteiger partial charge is 0.494 e. The Morgan fingerprint density at radius 2 is 1.93 bits per heavy atom. The Bertz CT molecular complexity index is 1690. The van der Waals surface area contributed by atoms with Gasteiger partial charge in [-0.1, -0.05) is 54.6 Å². The third-order valence-corrected chi connectivity index (χ3v) is 9.43. The van der Waals surface area contributed by atoms with E-state index >= 15 is 0 Å². The number of nitrogen functional groups attached to an aromatic ring is 1. The van der Waals surface area contributed by atoms with E-state index in [1.807, 2.05) is 29.2 Å². The van der Waals surface area contributed by atoms with Crippen molar-refractivity contribution in [1.29, 1.82) is 0 Å². The van der Waals surface area contributed by atoms with E-state index in [1.165, 1.54) is 4.90 Å². The number of piperidine rings is 1. The molecule has 0 bridgehead atoms. The van der Waals surface area contributed by atoms with E-state index in [1.54, 1.807) is 30.3 Å². The lowest BCUT2D eigenvalue weighted by atomic mass is 9.81. The summed E-state index contributed by atoms with van der Waals surface area (Å²) in [7, 11) is 0. The predicted molar refractivity (Wildman–Crippen MR) is 168 cm³/mol. The Morgan fingerprint density at radius 3 is 2.67 bits per heavy atom. The summed E-state index contributed by atoms with van der Waals surface area (Å²) in [4.78, 5) is 26.1. The number of anilines is 4. The highest BCUT2D eigenvalue weighted by atomic mass is 35.5. The number of rotatable bonds is 6. The first-order valence-corrected chi connectivity index (χ1v) is 14.9. The zero-order chi connectivity index (χ0) is 30.3. The molecular formula is C29H30ClN9O3S. The molecule has 3 aromatic rings. The lowest BCUT2D eigenvalue weighted by Crippen LogP contribution is -2.43. The number of aliphatic imine (C=N–C) groups is 1. The van der Waals surface area contributed by atoms with Gasteiger partial charge in [-0.05, 0) is 60.7 Å². The maximum Gasteiger partial charge on any atom is 0.261 e. The molecule has 7 N–H and O–H groups in total. The molecule has 6 rings (SSSR count). The highest BCUT2D eigenvalue weighted by Crippen LogP contribution is 2.39. The zero-order valence-electron chi connectivity index (χ0n) is 23.2. The van der Waals surface area contributed by atoms with Crippen LogP contribution in [0.15, 0.2) is 74.9 Å². The summed E-state index contributed by atoms with van der Waals surface area (Å²) < 4.78 is 0. The van der Waals surface area contributed by atoms with Crippen LogP contribution in [-0.4, -0.2) is 63.0 Å². The minimum Gasteiger partial charge on any atom is -0.494 e. The molecule has 4 heterocycles. The number of nitrogens with two attached hydrogens (primary N) is 2. The Labute approximate surface area is 257 Å². The number of aromatic nitrogens is 3. The van der Waals surface area contributed by atoms with E-state index in [4.69, 9.17) is 23.1 Å². The minimum atomic E-state index is -1.58. The van der Waals surface area contributed by atoms with Gasteiger partial charge in [-0.2, -0.15) is 4.98 Å². The van der Waals surface area contributed by atoms with E-state index in [0.29, 0.717) is 33.9 Å². The summed E-state index contributed by atoms with van der Waals surface area (Å²) in [6.07, 6.45) is 3.76. The van der Waals surface area contributed by atoms with Crippen molar-refractivity contribution < 1.29 is 15.0 Å². The summed E-state index contributed by atoms with van der Waals surface area (Å²) >= 11 is 7.84. The first kappa shape index (κ1) is 28.9. The van der Waals surface area contributed by atoms with E-state index in [-0.39, 0.29) is 27.5 Å². The zero-order valence-corrected chi connectivity index (χ0v) is 24.8. The summed E-state index contributed by atoms with van der Waals surface area (Å²) in [5, 5.41) is 33.7. The molecule has 1 unspecified atom stereocenters. The number of nitrogens with zero attached hydrogens (tertiary/aromatic N) is 6. The van der Waals surface area contributed by atoms with Crippen LogP contribution in [-0.2, 0) is 4.79 Å². The van der Waals surface area contributed by atoms with Crippen LogP contribution in [0, 0.1) is 5.41 Å². The van der Waals surface area contributed by atoms with Gasteiger partial charge >= 0.3 is 0 Å². The van der Waals surface area contributed by atoms with E-state index < -0.39 is 18.0 Å². The Balaban J connectivity index is 1.19. The summed E-state index contributed by atoms with van der Waals surface area (Å²) in [6.45, 7) is 4.35. The van der Waals surface area contributed by atoms with Crippen LogP contribution in [0.25, 0.3) is 6.08 Å². The summed E-state index contributed by atoms with van der Waals surface area (Å²) in [5.41, 5.74) is 13.7. The van der Waals surface area contributed by atoms with Crippen molar-refractivity contribution in [2.24, 2.45) is 16.1 Å². The molecule has 0 aliphatic carbocycles. The molecule has 0 radical (unpaired) electrons. The van der Waals surface area contributed by atoms with Crippen molar-refractivity contribution in [2.45, 2.75) is 35.9 Å². The van der Waals surface area contributed by atoms with Gasteiger partial charge in [-0.3, -0.25) is 9.69 Å². The fourth-order valence-corrected chi connectivity index (χ4v) is 6.19. The van der Waals surface area contributed by atoms with Gasteiger partial charge in [0.15, 0.2) is 17.1 Å². The molecule has 14 heteroatoms. The lowest BCUT2D eigenvalue weighted by Gasteiger charge is -2.38. The highest BCUT2D eigenvalue weighted by Gasteiger charge is 2.36. The molecule has 1 saturated heterocycles. The fraction of sp³-hybridized carbons (Fsp3) is 0.276. The first-order chi connectivity index (χ1) is 20.7. The molecule has 1 amide bonds. The Morgan fingerprint density at radius 1 is 1.16 bits per heavy atom. The van der Waals surface area contributed by atoms with Crippen LogP contribution >= 0.6 is 23.4 Å². The number of aliphatic hydroxyl groups excluding tert-OH is 2. The van der Waals surface area contributed by atoms with Crippen molar-refractivity contribution >= 4 is 64.3 Å². The number of carbonyl (C=O) groups is 1. The van der Waals surface area contributed by atoms with E-state index in [2.05, 4.69) is 32.4 Å². The van der Waals surface area contributed by atoms with Gasteiger partial charge in [-0.25, -0.2) is 4.99 Å². The van der Waals surface area contributed by atoms with Crippen LogP contribution in [0.1, 0.15) is 25.3 Å². The normalized spacial score (nSPS) is 19.1. The molecule has 1 fully saturated rings. The SMILES string of the molecule is CC1(CN)CCN(c2nnc(Sc3cccc(NC(=O)C4=C(O)N5C(=NC4O)C=Cc4ccccc45)c3Cl)c(N)n2)CC1. The average Bonchev–Trinajstić information content (AvgIpc) is 3.00. The number of halogens is 1. The lowest BCUT2D eigenvalue weighted by molar-refractivity contribution is -0.114. The maximum atomic E-state index is 13.4. The molecule has 0 saturated carbocycles. The van der Waals surface area contributed by atoms with Gasteiger partial charge in [0.1, 0.15) is 11.4 Å². The number of fused-ring (bicyclic) bond motifs is 3. The molecule has 12 nitrogen and oxygen atoms in total. The number of benzene rings is 2. The van der Waals surface area contributed by atoms with Gasteiger partial charge in [0.25, 0.3) is 5.91 Å². The minimum absolute atomic E-state index is 0.110. The Hall–Kier alpha value is -4.17. The second-order valence-corrected chi connectivity index (χ2v) is 12.2. The molecular weight excluding hydrogens is 590 g/mol. The van der Waals surface area contributed by atoms with Crippen LogP contribution in [0.2, 0.25) is 5.02 Å². The van der Waals surface area contributed by atoms with Gasteiger partial charge in [0.2, 0.25) is 11.8 Å². The second-order valence-electron chi connectivity index (χ2n) is 10.8. The van der Waals surface area contributed by atoms with Crippen LogP contribution in [0.3, 0.4) is 0 Å². The third kappa shape index (κ3) is 5.52. The number of amidine groups is 1. The number of para-hydroxylation sites is 1. The predicted octanol–water partition coefficient (Wildman–Crippen LogP) is 3.80. The maximum absolute atomic E-state index is 13.4. The number of hydrogen-bond donors (Lipinski definition) is 5. The quantitative estimate of drug-likeness (QED) is 0.271. The molecule has 3 aliphatic rings. The molecule has 0 spiro atoms. The van der Waals surface area contributed by atoms with Crippen LogP contribution in [0.5, 0.6) is 0 Å². The van der Waals surface area contributed by atoms with Crippen molar-refractivity contribution in [3.63, 3.8) is 0 Å². The number of aliphatic hydroxyl groups is 2. The molecule has 222 valence electrons. The molecule has 43 heavy (non-hydrogen) atoms. The molecule has 1 aromatic heterocycles. The van der Waals surface area contributed by atoms with Crippen LogP contribution < -0.4 is 26.6 Å².